The largest absolute Gasteiger partial charge is 0.493 e. The fourth-order valence-corrected chi connectivity index (χ4v) is 5.18. The fourth-order valence-electron chi connectivity index (χ4n) is 3.43. The van der Waals surface area contributed by atoms with Crippen LogP contribution in [-0.4, -0.2) is 43.2 Å². The van der Waals surface area contributed by atoms with Crippen molar-refractivity contribution < 1.29 is 23.8 Å². The molecule has 1 heterocycles. The van der Waals surface area contributed by atoms with E-state index in [1.807, 2.05) is 30.3 Å². The number of benzene rings is 3. The summed E-state index contributed by atoms with van der Waals surface area (Å²) in [5.74, 6) is 0.444. The number of halogens is 2. The van der Waals surface area contributed by atoms with Gasteiger partial charge in [0.15, 0.2) is 16.7 Å². The maximum atomic E-state index is 12.9. The third kappa shape index (κ3) is 6.18. The first-order valence-electron chi connectivity index (χ1n) is 11.0. The molecule has 0 spiro atoms. The lowest BCUT2D eigenvalue weighted by atomic mass is 10.1. The van der Waals surface area contributed by atoms with E-state index in [0.717, 1.165) is 11.1 Å². The standard InChI is InChI=1S/C27H22BrClN2O5S/c1-31-25(32)23(37-27(31)30-19-10-8-17(9-11-19)26(33)35-3)14-16-12-20(28)24(22(13-16)34-2)36-15-18-6-4-5-7-21(18)29/h4-14H,15H2,1-3H3/b23-14-,30-27?. The summed E-state index contributed by atoms with van der Waals surface area (Å²) in [7, 11) is 4.55. The molecule has 1 fully saturated rings. The van der Waals surface area contributed by atoms with E-state index in [1.54, 1.807) is 50.6 Å². The first-order valence-corrected chi connectivity index (χ1v) is 13.0. The molecule has 190 valence electrons. The molecular formula is C27H22BrClN2O5S. The highest BCUT2D eigenvalue weighted by Crippen LogP contribution is 2.40. The zero-order valence-corrected chi connectivity index (χ0v) is 23.3. The van der Waals surface area contributed by atoms with E-state index in [1.165, 1.54) is 23.8 Å². The summed E-state index contributed by atoms with van der Waals surface area (Å²) in [5, 5.41) is 1.14. The van der Waals surface area contributed by atoms with E-state index in [4.69, 9.17) is 25.8 Å². The maximum Gasteiger partial charge on any atom is 0.337 e. The van der Waals surface area contributed by atoms with Crippen molar-refractivity contribution >= 4 is 68.1 Å². The Morgan fingerprint density at radius 1 is 1.14 bits per heavy atom. The van der Waals surface area contributed by atoms with Gasteiger partial charge in [-0.3, -0.25) is 9.69 Å². The van der Waals surface area contributed by atoms with Gasteiger partial charge in [-0.1, -0.05) is 29.8 Å². The highest BCUT2D eigenvalue weighted by Gasteiger charge is 2.30. The van der Waals surface area contributed by atoms with Gasteiger partial charge in [0, 0.05) is 17.6 Å². The minimum Gasteiger partial charge on any atom is -0.493 e. The molecule has 3 aromatic rings. The van der Waals surface area contributed by atoms with Gasteiger partial charge in [-0.2, -0.15) is 0 Å². The van der Waals surface area contributed by atoms with Gasteiger partial charge in [-0.25, -0.2) is 9.79 Å². The zero-order valence-electron chi connectivity index (χ0n) is 20.2. The number of hydrogen-bond acceptors (Lipinski definition) is 7. The fraction of sp³-hybridized carbons (Fsp3) is 0.148. The molecule has 0 aromatic heterocycles. The summed E-state index contributed by atoms with van der Waals surface area (Å²) < 4.78 is 16.9. The summed E-state index contributed by atoms with van der Waals surface area (Å²) in [6.07, 6.45) is 1.78. The molecule has 0 saturated carbocycles. The molecule has 10 heteroatoms. The molecule has 3 aromatic carbocycles. The second-order valence-corrected chi connectivity index (χ2v) is 10.1. The van der Waals surface area contributed by atoms with Crippen LogP contribution in [0.3, 0.4) is 0 Å². The lowest BCUT2D eigenvalue weighted by molar-refractivity contribution is -0.121. The summed E-state index contributed by atoms with van der Waals surface area (Å²) in [5.41, 5.74) is 2.64. The first kappa shape index (κ1) is 26.8. The predicted octanol–water partition coefficient (Wildman–Crippen LogP) is 6.71. The Morgan fingerprint density at radius 2 is 1.86 bits per heavy atom. The highest BCUT2D eigenvalue weighted by molar-refractivity contribution is 9.10. The van der Waals surface area contributed by atoms with E-state index in [9.17, 15) is 9.59 Å². The predicted molar refractivity (Wildman–Crippen MR) is 150 cm³/mol. The molecule has 0 bridgehead atoms. The molecule has 0 radical (unpaired) electrons. The number of carbonyl (C=O) groups is 2. The maximum absolute atomic E-state index is 12.9. The molecule has 37 heavy (non-hydrogen) atoms. The van der Waals surface area contributed by atoms with Crippen LogP contribution in [0.15, 0.2) is 75.0 Å². The Kier molecular flexibility index (Phi) is 8.58. The average molecular weight is 602 g/mol. The second kappa shape index (κ2) is 11.9. The minimum atomic E-state index is -0.422. The summed E-state index contributed by atoms with van der Waals surface area (Å²) in [6, 6.07) is 17.8. The Balaban J connectivity index is 1.55. The van der Waals surface area contributed by atoms with Crippen molar-refractivity contribution in [1.29, 1.82) is 0 Å². The number of aliphatic imine (C=N–C) groups is 1. The number of methoxy groups -OCH3 is 2. The number of amidine groups is 1. The summed E-state index contributed by atoms with van der Waals surface area (Å²) in [4.78, 5) is 31.1. The van der Waals surface area contributed by atoms with Crippen LogP contribution in [0.25, 0.3) is 6.08 Å². The summed E-state index contributed by atoms with van der Waals surface area (Å²) >= 11 is 11.1. The molecule has 0 unspecified atom stereocenters. The van der Waals surface area contributed by atoms with Crippen LogP contribution in [0, 0.1) is 0 Å². The summed E-state index contributed by atoms with van der Waals surface area (Å²) in [6.45, 7) is 0.272. The molecule has 0 aliphatic carbocycles. The molecular weight excluding hydrogens is 580 g/mol. The van der Waals surface area contributed by atoms with Crippen molar-refractivity contribution in [1.82, 2.24) is 4.90 Å². The second-order valence-electron chi connectivity index (χ2n) is 7.82. The number of rotatable bonds is 7. The number of amides is 1. The minimum absolute atomic E-state index is 0.177. The molecule has 1 aliphatic rings. The van der Waals surface area contributed by atoms with Gasteiger partial charge in [0.25, 0.3) is 5.91 Å². The van der Waals surface area contributed by atoms with Crippen LogP contribution in [0.1, 0.15) is 21.5 Å². The van der Waals surface area contributed by atoms with Crippen LogP contribution in [0.4, 0.5) is 5.69 Å². The van der Waals surface area contributed by atoms with E-state index >= 15 is 0 Å². The Bertz CT molecular complexity index is 1410. The van der Waals surface area contributed by atoms with Crippen molar-refractivity contribution in [3.8, 4) is 11.5 Å². The molecule has 4 rings (SSSR count). The van der Waals surface area contributed by atoms with Gasteiger partial charge in [-0.15, -0.1) is 0 Å². The lowest BCUT2D eigenvalue weighted by Crippen LogP contribution is -2.23. The number of esters is 1. The van der Waals surface area contributed by atoms with Gasteiger partial charge < -0.3 is 14.2 Å². The monoisotopic (exact) mass is 600 g/mol. The SMILES string of the molecule is COC(=O)c1ccc(N=C2S/C(=C\c3cc(Br)c(OCc4ccccc4Cl)c(OC)c3)C(=O)N2C)cc1. The Hall–Kier alpha value is -3.27. The molecule has 0 N–H and O–H groups in total. The average Bonchev–Trinajstić information content (AvgIpc) is 3.16. The topological polar surface area (TPSA) is 77.4 Å². The molecule has 1 saturated heterocycles. The van der Waals surface area contributed by atoms with Gasteiger partial charge in [0.2, 0.25) is 0 Å². The first-order chi connectivity index (χ1) is 17.8. The number of carbonyl (C=O) groups excluding carboxylic acids is 2. The molecule has 0 atom stereocenters. The van der Waals surface area contributed by atoms with Crippen LogP contribution in [-0.2, 0) is 16.1 Å². The number of thioether (sulfide) groups is 1. The van der Waals surface area contributed by atoms with E-state index in [-0.39, 0.29) is 12.5 Å². The van der Waals surface area contributed by atoms with Crippen LogP contribution in [0.5, 0.6) is 11.5 Å². The zero-order chi connectivity index (χ0) is 26.5. The van der Waals surface area contributed by atoms with E-state index in [0.29, 0.717) is 42.3 Å². The molecule has 1 amide bonds. The van der Waals surface area contributed by atoms with Crippen molar-refractivity contribution in [2.24, 2.45) is 4.99 Å². The normalized spacial score (nSPS) is 15.4. The van der Waals surface area contributed by atoms with Gasteiger partial charge >= 0.3 is 5.97 Å². The number of likely N-dealkylation sites (N-methyl/N-ethyl adjacent to an activating group) is 1. The Morgan fingerprint density at radius 3 is 2.54 bits per heavy atom. The molecule has 7 nitrogen and oxygen atoms in total. The van der Waals surface area contributed by atoms with Gasteiger partial charge in [-0.05, 0) is 81.8 Å². The van der Waals surface area contributed by atoms with E-state index < -0.39 is 5.97 Å². The van der Waals surface area contributed by atoms with Crippen LogP contribution >= 0.6 is 39.3 Å². The van der Waals surface area contributed by atoms with Crippen molar-refractivity contribution in [3.05, 3.63) is 91.8 Å². The third-order valence-corrected chi connectivity index (χ3v) is 7.41. The highest BCUT2D eigenvalue weighted by atomic mass is 79.9. The van der Waals surface area contributed by atoms with Gasteiger partial charge in [0.1, 0.15) is 6.61 Å². The van der Waals surface area contributed by atoms with Gasteiger partial charge in [0.05, 0.1) is 34.8 Å². The number of hydrogen-bond donors (Lipinski definition) is 0. The lowest BCUT2D eigenvalue weighted by Gasteiger charge is -2.14. The number of nitrogens with zero attached hydrogens (tertiary/aromatic N) is 2. The smallest absolute Gasteiger partial charge is 0.337 e. The Labute approximate surface area is 232 Å². The molecule has 1 aliphatic heterocycles. The van der Waals surface area contributed by atoms with Crippen molar-refractivity contribution in [3.63, 3.8) is 0 Å². The van der Waals surface area contributed by atoms with Crippen molar-refractivity contribution in [2.75, 3.05) is 21.3 Å². The third-order valence-electron chi connectivity index (χ3n) is 5.40. The van der Waals surface area contributed by atoms with Crippen molar-refractivity contribution in [2.45, 2.75) is 6.61 Å². The van der Waals surface area contributed by atoms with Crippen LogP contribution < -0.4 is 9.47 Å². The van der Waals surface area contributed by atoms with Crippen LogP contribution in [0.2, 0.25) is 5.02 Å². The van der Waals surface area contributed by atoms with E-state index in [2.05, 4.69) is 20.9 Å². The number of ether oxygens (including phenoxy) is 3. The quantitative estimate of drug-likeness (QED) is 0.221.